The van der Waals surface area contributed by atoms with Crippen LogP contribution in [0.15, 0.2) is 71.1 Å². The predicted molar refractivity (Wildman–Crippen MR) is 182 cm³/mol. The number of carbonyl (C=O) groups excluding carboxylic acids is 5. The van der Waals surface area contributed by atoms with E-state index in [1.807, 2.05) is 0 Å². The first-order chi connectivity index (χ1) is 23.5. The van der Waals surface area contributed by atoms with Gasteiger partial charge in [-0.05, 0) is 30.0 Å². The largest absolute Gasteiger partial charge is 0.481 e. The second kappa shape index (κ2) is 19.9. The smallest absolute Gasteiger partial charge is 0.408 e. The number of hydrogen-bond acceptors (Lipinski definition) is 10. The van der Waals surface area contributed by atoms with Crippen LogP contribution in [0.3, 0.4) is 0 Å². The lowest BCUT2D eigenvalue weighted by molar-refractivity contribution is -0.143. The number of alkyl carbamates (subject to hydrolysis) is 1. The van der Waals surface area contributed by atoms with Gasteiger partial charge in [-0.1, -0.05) is 86.1 Å². The molecule has 2 aromatic rings. The van der Waals surface area contributed by atoms with Gasteiger partial charge in [-0.3, -0.25) is 24.0 Å². The third-order valence-corrected chi connectivity index (χ3v) is 8.65. The molecule has 4 atom stereocenters. The van der Waals surface area contributed by atoms with Crippen LogP contribution in [0.5, 0.6) is 0 Å². The fourth-order valence-electron chi connectivity index (χ4n) is 4.36. The average molecular weight is 737 g/mol. The summed E-state index contributed by atoms with van der Waals surface area (Å²) in [6.45, 7) is 4.65. The van der Waals surface area contributed by atoms with Crippen molar-refractivity contribution in [2.75, 3.05) is 12.9 Å². The van der Waals surface area contributed by atoms with Gasteiger partial charge >= 0.3 is 18.0 Å². The number of benzene rings is 2. The summed E-state index contributed by atoms with van der Waals surface area (Å²) in [6.07, 6.45) is -0.585. The molecule has 0 aromatic heterocycles. The number of carbonyl (C=O) groups is 6. The molecule has 0 bridgehead atoms. The standard InChI is InChI=1S/C33H41ClN4O11S/c1-5-48-27(41)17-23(16-25(34)50(4,46)47)35-31(43)28(20(2)3)37-32(44)29(22-14-10-7-11-15-22)38-30(42)24(18-26(39)40)36-33(45)49-19-21-12-8-6-9-13-21/h6-16,20,23-24,28-29H,5,17-19H2,1-4H3,(H,35,43)(H,36,45)(H,37,44)(H,38,42)(H,39,40)/b25-16+/t23-,24+,28+,29+/m1/s1. The minimum Gasteiger partial charge on any atom is -0.481 e. The van der Waals surface area contributed by atoms with Gasteiger partial charge in [-0.15, -0.1) is 0 Å². The third-order valence-electron chi connectivity index (χ3n) is 6.83. The van der Waals surface area contributed by atoms with Gasteiger partial charge in [0.05, 0.1) is 25.5 Å². The molecule has 17 heteroatoms. The number of ether oxygens (including phenoxy) is 2. The van der Waals surface area contributed by atoms with Crippen LogP contribution < -0.4 is 21.3 Å². The minimum absolute atomic E-state index is 0.0258. The van der Waals surface area contributed by atoms with E-state index in [1.165, 1.54) is 12.1 Å². The first kappa shape index (κ1) is 41.2. The molecule has 0 unspecified atom stereocenters. The van der Waals surface area contributed by atoms with Crippen LogP contribution in [0, 0.1) is 5.92 Å². The summed E-state index contributed by atoms with van der Waals surface area (Å²) < 4.78 is 33.3. The molecule has 0 spiro atoms. The van der Waals surface area contributed by atoms with E-state index in [-0.39, 0.29) is 18.8 Å². The highest BCUT2D eigenvalue weighted by atomic mass is 35.5. The molecule has 5 N–H and O–H groups in total. The number of amides is 4. The van der Waals surface area contributed by atoms with Crippen molar-refractivity contribution in [1.29, 1.82) is 0 Å². The first-order valence-corrected chi connectivity index (χ1v) is 17.7. The van der Waals surface area contributed by atoms with Crippen LogP contribution in [-0.4, -0.2) is 80.3 Å². The summed E-state index contributed by atoms with van der Waals surface area (Å²) in [5, 5.41) is 19.2. The summed E-state index contributed by atoms with van der Waals surface area (Å²) in [6, 6.07) is 10.8. The van der Waals surface area contributed by atoms with Crippen LogP contribution in [0.1, 0.15) is 50.8 Å². The van der Waals surface area contributed by atoms with Gasteiger partial charge < -0.3 is 35.8 Å². The SMILES string of the molecule is CCOC(=O)C[C@@H](/C=C(\Cl)S(C)(=O)=O)NC(=O)[C@@H](NC(=O)[C@@H](NC(=O)[C@H](CC(=O)O)NC(=O)OCc1ccccc1)c1ccccc1)C(C)C. The van der Waals surface area contributed by atoms with Crippen molar-refractivity contribution in [2.24, 2.45) is 5.92 Å². The molecule has 15 nitrogen and oxygen atoms in total. The number of halogens is 1. The van der Waals surface area contributed by atoms with Crippen LogP contribution in [0.2, 0.25) is 0 Å². The molecule has 272 valence electrons. The topological polar surface area (TPSA) is 223 Å². The molecule has 2 rings (SSSR count). The fourth-order valence-corrected chi connectivity index (χ4v) is 4.92. The van der Waals surface area contributed by atoms with Crippen molar-refractivity contribution in [3.63, 3.8) is 0 Å². The Labute approximate surface area is 295 Å². The monoisotopic (exact) mass is 736 g/mol. The maximum atomic E-state index is 13.8. The summed E-state index contributed by atoms with van der Waals surface area (Å²) in [4.78, 5) is 77.0. The normalized spacial score (nSPS) is 13.9. The van der Waals surface area contributed by atoms with Gasteiger partial charge in [0.2, 0.25) is 17.7 Å². The summed E-state index contributed by atoms with van der Waals surface area (Å²) in [7, 11) is -3.89. The van der Waals surface area contributed by atoms with Crippen molar-refractivity contribution in [3.8, 4) is 0 Å². The first-order valence-electron chi connectivity index (χ1n) is 15.4. The number of hydrogen-bond donors (Lipinski definition) is 5. The van der Waals surface area contributed by atoms with E-state index in [0.29, 0.717) is 5.56 Å². The Morgan fingerprint density at radius 3 is 1.96 bits per heavy atom. The van der Waals surface area contributed by atoms with E-state index < -0.39 is 92.9 Å². The highest BCUT2D eigenvalue weighted by molar-refractivity contribution is 7.96. The summed E-state index contributed by atoms with van der Waals surface area (Å²) >= 11 is 5.90. The molecule has 2 aromatic carbocycles. The fraction of sp³-hybridized carbons (Fsp3) is 0.394. The van der Waals surface area contributed by atoms with Crippen molar-refractivity contribution in [2.45, 2.75) is 64.4 Å². The van der Waals surface area contributed by atoms with Crippen LogP contribution in [-0.2, 0) is 49.9 Å². The number of aliphatic carboxylic acids is 1. The second-order valence-corrected chi connectivity index (χ2v) is 13.9. The Hall–Kier alpha value is -4.96. The number of rotatable bonds is 18. The molecular weight excluding hydrogens is 696 g/mol. The van der Waals surface area contributed by atoms with Gasteiger partial charge in [0, 0.05) is 6.26 Å². The Kier molecular flexibility index (Phi) is 16.4. The molecule has 0 saturated carbocycles. The van der Waals surface area contributed by atoms with Crippen LogP contribution in [0.4, 0.5) is 4.79 Å². The molecule has 0 aliphatic carbocycles. The Morgan fingerprint density at radius 1 is 0.820 bits per heavy atom. The van der Waals surface area contributed by atoms with E-state index in [9.17, 15) is 42.3 Å². The molecule has 0 aliphatic heterocycles. The number of carboxylic acid groups (broad SMARTS) is 1. The predicted octanol–water partition coefficient (Wildman–Crippen LogP) is 2.32. The van der Waals surface area contributed by atoms with Gasteiger partial charge in [0.15, 0.2) is 9.84 Å². The Morgan fingerprint density at radius 2 is 1.42 bits per heavy atom. The lowest BCUT2D eigenvalue weighted by atomic mass is 10.00. The maximum absolute atomic E-state index is 13.8. The number of esters is 1. The molecular formula is C33H41ClN4O11S. The highest BCUT2D eigenvalue weighted by Gasteiger charge is 2.33. The maximum Gasteiger partial charge on any atom is 0.408 e. The zero-order valence-corrected chi connectivity index (χ0v) is 29.5. The summed E-state index contributed by atoms with van der Waals surface area (Å²) in [5.41, 5.74) is 0.901. The number of carboxylic acids is 1. The van der Waals surface area contributed by atoms with Gasteiger partial charge in [-0.25, -0.2) is 13.2 Å². The zero-order chi connectivity index (χ0) is 37.4. The molecule has 0 saturated heterocycles. The van der Waals surface area contributed by atoms with Crippen molar-refractivity contribution in [1.82, 2.24) is 21.3 Å². The zero-order valence-electron chi connectivity index (χ0n) is 27.9. The quantitative estimate of drug-likeness (QED) is 0.140. The highest BCUT2D eigenvalue weighted by Crippen LogP contribution is 2.17. The van der Waals surface area contributed by atoms with E-state index in [2.05, 4.69) is 21.3 Å². The van der Waals surface area contributed by atoms with E-state index in [0.717, 1.165) is 12.3 Å². The van der Waals surface area contributed by atoms with E-state index >= 15 is 0 Å². The van der Waals surface area contributed by atoms with Gasteiger partial charge in [0.1, 0.15) is 29.1 Å². The number of nitrogens with one attached hydrogen (secondary N) is 4. The van der Waals surface area contributed by atoms with Gasteiger partial charge in [-0.2, -0.15) is 0 Å². The molecule has 4 amide bonds. The lowest BCUT2D eigenvalue weighted by Gasteiger charge is -2.27. The van der Waals surface area contributed by atoms with E-state index in [4.69, 9.17) is 21.1 Å². The molecule has 0 fully saturated rings. The summed E-state index contributed by atoms with van der Waals surface area (Å²) in [5.74, 6) is -5.49. The van der Waals surface area contributed by atoms with Gasteiger partial charge in [0.25, 0.3) is 0 Å². The van der Waals surface area contributed by atoms with Crippen LogP contribution in [0.25, 0.3) is 0 Å². The second-order valence-electron chi connectivity index (χ2n) is 11.3. The van der Waals surface area contributed by atoms with Crippen molar-refractivity contribution >= 4 is 57.2 Å². The molecule has 0 aliphatic rings. The Balaban J connectivity index is 2.31. The number of sulfone groups is 1. The lowest BCUT2D eigenvalue weighted by Crippen LogP contribution is -2.56. The van der Waals surface area contributed by atoms with Crippen molar-refractivity contribution < 1.29 is 51.8 Å². The molecule has 0 heterocycles. The van der Waals surface area contributed by atoms with Crippen LogP contribution >= 0.6 is 11.6 Å². The van der Waals surface area contributed by atoms with E-state index in [1.54, 1.807) is 69.3 Å². The third kappa shape index (κ3) is 14.3. The minimum atomic E-state index is -3.89. The molecule has 50 heavy (non-hydrogen) atoms. The Bertz CT molecular complexity index is 1640. The van der Waals surface area contributed by atoms with Crippen molar-refractivity contribution in [3.05, 3.63) is 82.2 Å². The average Bonchev–Trinajstić information content (AvgIpc) is 3.04. The molecule has 0 radical (unpaired) electrons.